The highest BCUT2D eigenvalue weighted by Gasteiger charge is 2.26. The molecule has 0 aliphatic carbocycles. The molecule has 3 rings (SSSR count). The standard InChI is InChI=1S/C18H18INO3/c1-11-5-4-6-13(16(11)19)17(21)20-18(2,3)12-7-8-14-15(9-12)23-10-22-14/h4-9H,10H2,1-3H3,(H,20,21). The van der Waals surface area contributed by atoms with Gasteiger partial charge in [-0.05, 0) is 72.7 Å². The molecule has 1 aliphatic heterocycles. The molecule has 0 bridgehead atoms. The summed E-state index contributed by atoms with van der Waals surface area (Å²) in [5.41, 5.74) is 2.24. The van der Waals surface area contributed by atoms with Gasteiger partial charge in [0, 0.05) is 3.57 Å². The quantitative estimate of drug-likeness (QED) is 0.760. The number of amides is 1. The third-order valence-corrected chi connectivity index (χ3v) is 5.39. The van der Waals surface area contributed by atoms with Crippen LogP contribution in [0, 0.1) is 10.5 Å². The predicted molar refractivity (Wildman–Crippen MR) is 97.0 cm³/mol. The molecule has 0 aromatic heterocycles. The summed E-state index contributed by atoms with van der Waals surface area (Å²) in [7, 11) is 0. The van der Waals surface area contributed by atoms with E-state index in [1.807, 2.05) is 57.2 Å². The lowest BCUT2D eigenvalue weighted by atomic mass is 9.93. The Bertz CT molecular complexity index is 771. The van der Waals surface area contributed by atoms with E-state index in [0.717, 1.165) is 26.2 Å². The summed E-state index contributed by atoms with van der Waals surface area (Å²) in [4.78, 5) is 12.7. The third kappa shape index (κ3) is 3.15. The second-order valence-corrected chi connectivity index (χ2v) is 7.16. The van der Waals surface area contributed by atoms with Crippen molar-refractivity contribution in [3.63, 3.8) is 0 Å². The first kappa shape index (κ1) is 16.1. The number of rotatable bonds is 3. The van der Waals surface area contributed by atoms with Crippen molar-refractivity contribution < 1.29 is 14.3 Å². The minimum absolute atomic E-state index is 0.0826. The molecule has 23 heavy (non-hydrogen) atoms. The normalized spacial score (nSPS) is 13.0. The summed E-state index contributed by atoms with van der Waals surface area (Å²) < 4.78 is 11.7. The van der Waals surface area contributed by atoms with Crippen LogP contribution in [0.1, 0.15) is 35.3 Å². The third-order valence-electron chi connectivity index (χ3n) is 3.96. The van der Waals surface area contributed by atoms with Crippen molar-refractivity contribution in [2.75, 3.05) is 6.79 Å². The number of carbonyl (C=O) groups excluding carboxylic acids is 1. The van der Waals surface area contributed by atoms with Crippen LogP contribution in [0.15, 0.2) is 36.4 Å². The first-order chi connectivity index (χ1) is 10.9. The number of carbonyl (C=O) groups is 1. The minimum atomic E-state index is -0.523. The van der Waals surface area contributed by atoms with Crippen LogP contribution in [0.5, 0.6) is 11.5 Å². The van der Waals surface area contributed by atoms with E-state index < -0.39 is 5.54 Å². The van der Waals surface area contributed by atoms with E-state index in [2.05, 4.69) is 27.9 Å². The summed E-state index contributed by atoms with van der Waals surface area (Å²) in [5.74, 6) is 1.37. The number of fused-ring (bicyclic) bond motifs is 1. The minimum Gasteiger partial charge on any atom is -0.454 e. The number of ether oxygens (including phenoxy) is 2. The Morgan fingerprint density at radius 1 is 1.17 bits per heavy atom. The number of benzene rings is 2. The van der Waals surface area contributed by atoms with Crippen molar-refractivity contribution in [1.82, 2.24) is 5.32 Å². The van der Waals surface area contributed by atoms with E-state index in [1.165, 1.54) is 0 Å². The molecular weight excluding hydrogens is 405 g/mol. The van der Waals surface area contributed by atoms with Crippen molar-refractivity contribution in [3.8, 4) is 11.5 Å². The van der Waals surface area contributed by atoms with E-state index in [-0.39, 0.29) is 12.7 Å². The van der Waals surface area contributed by atoms with E-state index in [1.54, 1.807) is 0 Å². The molecule has 0 atom stereocenters. The fraction of sp³-hybridized carbons (Fsp3) is 0.278. The molecule has 1 heterocycles. The summed E-state index contributed by atoms with van der Waals surface area (Å²) in [6.07, 6.45) is 0. The van der Waals surface area contributed by atoms with Gasteiger partial charge in [-0.15, -0.1) is 0 Å². The van der Waals surface area contributed by atoms with E-state index in [9.17, 15) is 4.79 Å². The zero-order valence-corrected chi connectivity index (χ0v) is 15.4. The Morgan fingerprint density at radius 2 is 1.91 bits per heavy atom. The number of nitrogens with one attached hydrogen (secondary N) is 1. The number of hydrogen-bond acceptors (Lipinski definition) is 3. The Morgan fingerprint density at radius 3 is 2.70 bits per heavy atom. The predicted octanol–water partition coefficient (Wildman–Crippen LogP) is 3.99. The Hall–Kier alpha value is -1.76. The number of aryl methyl sites for hydroxylation is 1. The van der Waals surface area contributed by atoms with Gasteiger partial charge in [-0.25, -0.2) is 0 Å². The molecule has 1 N–H and O–H groups in total. The zero-order chi connectivity index (χ0) is 16.6. The zero-order valence-electron chi connectivity index (χ0n) is 13.3. The topological polar surface area (TPSA) is 47.6 Å². The van der Waals surface area contributed by atoms with Crippen LogP contribution < -0.4 is 14.8 Å². The largest absolute Gasteiger partial charge is 0.454 e. The summed E-state index contributed by atoms with van der Waals surface area (Å²) in [6.45, 7) is 6.20. The van der Waals surface area contributed by atoms with Crippen LogP contribution in [-0.2, 0) is 5.54 Å². The molecule has 0 fully saturated rings. The smallest absolute Gasteiger partial charge is 0.253 e. The average molecular weight is 423 g/mol. The first-order valence-corrected chi connectivity index (χ1v) is 8.44. The molecular formula is C18H18INO3. The highest BCUT2D eigenvalue weighted by Crippen LogP contribution is 2.35. The van der Waals surface area contributed by atoms with E-state index in [4.69, 9.17) is 9.47 Å². The van der Waals surface area contributed by atoms with Crippen LogP contribution in [0.3, 0.4) is 0 Å². The molecule has 0 saturated heterocycles. The second kappa shape index (κ2) is 6.03. The molecule has 1 aliphatic rings. The molecule has 4 nitrogen and oxygen atoms in total. The molecule has 0 unspecified atom stereocenters. The Balaban J connectivity index is 1.86. The van der Waals surface area contributed by atoms with E-state index in [0.29, 0.717) is 5.56 Å². The Kier molecular flexibility index (Phi) is 4.23. The van der Waals surface area contributed by atoms with Crippen molar-refractivity contribution in [1.29, 1.82) is 0 Å². The molecule has 0 spiro atoms. The van der Waals surface area contributed by atoms with Gasteiger partial charge < -0.3 is 14.8 Å². The molecule has 2 aromatic rings. The first-order valence-electron chi connectivity index (χ1n) is 7.36. The van der Waals surface area contributed by atoms with Crippen molar-refractivity contribution in [2.24, 2.45) is 0 Å². The van der Waals surface area contributed by atoms with Crippen molar-refractivity contribution in [2.45, 2.75) is 26.3 Å². The van der Waals surface area contributed by atoms with Crippen LogP contribution in [-0.4, -0.2) is 12.7 Å². The van der Waals surface area contributed by atoms with Crippen LogP contribution in [0.2, 0.25) is 0 Å². The van der Waals surface area contributed by atoms with Crippen LogP contribution >= 0.6 is 22.6 Å². The monoisotopic (exact) mass is 423 g/mol. The highest BCUT2D eigenvalue weighted by molar-refractivity contribution is 14.1. The van der Waals surface area contributed by atoms with Gasteiger partial charge in [-0.3, -0.25) is 4.79 Å². The lowest BCUT2D eigenvalue weighted by Gasteiger charge is -2.27. The van der Waals surface area contributed by atoms with Gasteiger partial charge in [-0.2, -0.15) is 0 Å². The van der Waals surface area contributed by atoms with Crippen LogP contribution in [0.25, 0.3) is 0 Å². The fourth-order valence-corrected chi connectivity index (χ4v) is 3.14. The molecule has 0 saturated carbocycles. The average Bonchev–Trinajstić information content (AvgIpc) is 2.97. The number of hydrogen-bond donors (Lipinski definition) is 1. The second-order valence-electron chi connectivity index (χ2n) is 6.08. The molecule has 5 heteroatoms. The van der Waals surface area contributed by atoms with E-state index >= 15 is 0 Å². The van der Waals surface area contributed by atoms with Gasteiger partial charge in [-0.1, -0.05) is 18.2 Å². The van der Waals surface area contributed by atoms with Crippen molar-refractivity contribution >= 4 is 28.5 Å². The van der Waals surface area contributed by atoms with Gasteiger partial charge >= 0.3 is 0 Å². The molecule has 1 amide bonds. The lowest BCUT2D eigenvalue weighted by Crippen LogP contribution is -2.41. The summed E-state index contributed by atoms with van der Waals surface area (Å²) in [5, 5.41) is 3.11. The maximum absolute atomic E-state index is 12.7. The SMILES string of the molecule is Cc1cccc(C(=O)NC(C)(C)c2ccc3c(c2)OCO3)c1I. The maximum atomic E-state index is 12.7. The highest BCUT2D eigenvalue weighted by atomic mass is 127. The van der Waals surface area contributed by atoms with Gasteiger partial charge in [0.1, 0.15) is 0 Å². The summed E-state index contributed by atoms with van der Waals surface area (Å²) >= 11 is 2.21. The lowest BCUT2D eigenvalue weighted by molar-refractivity contribution is 0.0911. The maximum Gasteiger partial charge on any atom is 0.253 e. The molecule has 120 valence electrons. The molecule has 2 aromatic carbocycles. The summed E-state index contributed by atoms with van der Waals surface area (Å²) in [6, 6.07) is 11.5. The molecule has 0 radical (unpaired) electrons. The van der Waals surface area contributed by atoms with Gasteiger partial charge in [0.15, 0.2) is 11.5 Å². The van der Waals surface area contributed by atoms with Crippen molar-refractivity contribution in [3.05, 3.63) is 56.7 Å². The number of halogens is 1. The fourth-order valence-electron chi connectivity index (χ4n) is 2.53. The van der Waals surface area contributed by atoms with Gasteiger partial charge in [0.25, 0.3) is 5.91 Å². The van der Waals surface area contributed by atoms with Gasteiger partial charge in [0.2, 0.25) is 6.79 Å². The Labute approximate surface area is 149 Å². The van der Waals surface area contributed by atoms with Crippen LogP contribution in [0.4, 0.5) is 0 Å². The van der Waals surface area contributed by atoms with Gasteiger partial charge in [0.05, 0.1) is 11.1 Å².